The van der Waals surface area contributed by atoms with Crippen LogP contribution in [0.4, 0.5) is 4.79 Å². The first-order valence-electron chi connectivity index (χ1n) is 14.5. The standard InChI is InChI=1S/C36H37N3O3S/c1-3-38(36(40)37-28(2)34-20-12-18-32-17-10-11-19-35(32)34)25-31-21-23-33(24-22-31)43(41,42)39(26-29-13-6-4-7-14-29)27-30-15-8-5-9-16-30/h4-24,28H,3,25-27H2,1-2H3,(H,37,40). The van der Waals surface area contributed by atoms with E-state index in [1.165, 1.54) is 4.31 Å². The van der Waals surface area contributed by atoms with E-state index in [0.29, 0.717) is 13.1 Å². The second kappa shape index (κ2) is 13.7. The predicted octanol–water partition coefficient (Wildman–Crippen LogP) is 7.52. The van der Waals surface area contributed by atoms with Crippen molar-refractivity contribution in [1.29, 1.82) is 0 Å². The Hall–Kier alpha value is -4.46. The van der Waals surface area contributed by atoms with Gasteiger partial charge >= 0.3 is 6.03 Å². The summed E-state index contributed by atoms with van der Waals surface area (Å²) in [7, 11) is -3.79. The van der Waals surface area contributed by atoms with Gasteiger partial charge in [-0.3, -0.25) is 0 Å². The quantitative estimate of drug-likeness (QED) is 0.173. The highest BCUT2D eigenvalue weighted by molar-refractivity contribution is 7.89. The third-order valence-corrected chi connectivity index (χ3v) is 9.44. The van der Waals surface area contributed by atoms with Crippen LogP contribution < -0.4 is 5.32 Å². The Morgan fingerprint density at radius 3 is 1.81 bits per heavy atom. The van der Waals surface area contributed by atoms with Gasteiger partial charge in [0.25, 0.3) is 0 Å². The Bertz CT molecular complexity index is 1710. The second-order valence-electron chi connectivity index (χ2n) is 10.6. The molecule has 5 aromatic rings. The minimum atomic E-state index is -3.79. The van der Waals surface area contributed by atoms with Crippen molar-refractivity contribution >= 4 is 26.8 Å². The minimum Gasteiger partial charge on any atom is -0.331 e. The molecule has 0 bridgehead atoms. The van der Waals surface area contributed by atoms with Crippen molar-refractivity contribution in [3.8, 4) is 0 Å². The van der Waals surface area contributed by atoms with Gasteiger partial charge in [-0.05, 0) is 59.0 Å². The van der Waals surface area contributed by atoms with Crippen molar-refractivity contribution in [1.82, 2.24) is 14.5 Å². The molecule has 0 aliphatic carbocycles. The minimum absolute atomic E-state index is 0.170. The fourth-order valence-electron chi connectivity index (χ4n) is 5.25. The zero-order valence-electron chi connectivity index (χ0n) is 24.6. The maximum Gasteiger partial charge on any atom is 0.318 e. The van der Waals surface area contributed by atoms with Crippen LogP contribution in [0.5, 0.6) is 0 Å². The van der Waals surface area contributed by atoms with Crippen LogP contribution in [0.2, 0.25) is 0 Å². The predicted molar refractivity (Wildman–Crippen MR) is 173 cm³/mol. The maximum absolute atomic E-state index is 13.8. The summed E-state index contributed by atoms with van der Waals surface area (Å²) in [4.78, 5) is 15.2. The molecule has 0 fully saturated rings. The van der Waals surface area contributed by atoms with Gasteiger partial charge in [-0.2, -0.15) is 4.31 Å². The van der Waals surface area contributed by atoms with Gasteiger partial charge in [0.2, 0.25) is 10.0 Å². The molecule has 0 aliphatic heterocycles. The molecule has 0 aromatic heterocycles. The zero-order valence-corrected chi connectivity index (χ0v) is 25.4. The molecule has 7 heteroatoms. The van der Waals surface area contributed by atoms with Crippen molar-refractivity contribution in [2.75, 3.05) is 6.54 Å². The lowest BCUT2D eigenvalue weighted by atomic mass is 10.00. The smallest absolute Gasteiger partial charge is 0.318 e. The topological polar surface area (TPSA) is 69.7 Å². The van der Waals surface area contributed by atoms with E-state index in [1.807, 2.05) is 98.8 Å². The number of nitrogens with zero attached hydrogens (tertiary/aromatic N) is 2. The maximum atomic E-state index is 13.8. The fourth-order valence-corrected chi connectivity index (χ4v) is 6.66. The highest BCUT2D eigenvalue weighted by Crippen LogP contribution is 2.25. The fraction of sp³-hybridized carbons (Fsp3) is 0.194. The first-order chi connectivity index (χ1) is 20.8. The van der Waals surface area contributed by atoms with Crippen molar-refractivity contribution < 1.29 is 13.2 Å². The number of carbonyl (C=O) groups excluding carboxylic acids is 1. The lowest BCUT2D eigenvalue weighted by Gasteiger charge is -2.25. The normalized spacial score (nSPS) is 12.3. The number of urea groups is 1. The first kappa shape index (κ1) is 30.0. The van der Waals surface area contributed by atoms with E-state index >= 15 is 0 Å². The number of nitrogens with one attached hydrogen (secondary N) is 1. The first-order valence-corrected chi connectivity index (χ1v) is 16.0. The molecule has 0 saturated heterocycles. The summed E-state index contributed by atoms with van der Waals surface area (Å²) in [6.07, 6.45) is 0. The molecule has 1 unspecified atom stereocenters. The zero-order chi connectivity index (χ0) is 30.2. The Balaban J connectivity index is 1.29. The van der Waals surface area contributed by atoms with Crippen LogP contribution in [-0.4, -0.2) is 30.2 Å². The molecule has 1 N–H and O–H groups in total. The summed E-state index contributed by atoms with van der Waals surface area (Å²) in [5.74, 6) is 0. The Morgan fingerprint density at radius 2 is 1.21 bits per heavy atom. The number of fused-ring (bicyclic) bond motifs is 1. The number of sulfonamides is 1. The SMILES string of the molecule is CCN(Cc1ccc(S(=O)(=O)N(Cc2ccccc2)Cc2ccccc2)cc1)C(=O)NC(C)c1cccc2ccccc12. The average Bonchev–Trinajstić information content (AvgIpc) is 3.04. The lowest BCUT2D eigenvalue weighted by molar-refractivity contribution is 0.195. The molecule has 220 valence electrons. The van der Waals surface area contributed by atoms with E-state index in [4.69, 9.17) is 0 Å². The number of amides is 2. The van der Waals surface area contributed by atoms with E-state index in [-0.39, 0.29) is 30.1 Å². The molecular weight excluding hydrogens is 554 g/mol. The van der Waals surface area contributed by atoms with E-state index in [0.717, 1.165) is 33.0 Å². The van der Waals surface area contributed by atoms with Gasteiger partial charge in [0, 0.05) is 26.2 Å². The van der Waals surface area contributed by atoms with Crippen molar-refractivity contribution in [3.05, 3.63) is 150 Å². The number of carbonyl (C=O) groups is 1. The molecule has 2 amide bonds. The largest absolute Gasteiger partial charge is 0.331 e. The van der Waals surface area contributed by atoms with Crippen molar-refractivity contribution in [2.45, 2.75) is 44.4 Å². The van der Waals surface area contributed by atoms with Gasteiger partial charge in [-0.1, -0.05) is 115 Å². The third kappa shape index (κ3) is 7.31. The molecule has 5 rings (SSSR count). The summed E-state index contributed by atoms with van der Waals surface area (Å²) >= 11 is 0. The Kier molecular flexibility index (Phi) is 9.55. The van der Waals surface area contributed by atoms with Crippen LogP contribution in [0, 0.1) is 0 Å². The van der Waals surface area contributed by atoms with Crippen LogP contribution in [0.3, 0.4) is 0 Å². The van der Waals surface area contributed by atoms with E-state index < -0.39 is 10.0 Å². The number of benzene rings is 5. The Labute approximate surface area is 254 Å². The van der Waals surface area contributed by atoms with Gasteiger partial charge in [0.05, 0.1) is 10.9 Å². The summed E-state index contributed by atoms with van der Waals surface area (Å²) in [5.41, 5.74) is 3.75. The highest BCUT2D eigenvalue weighted by atomic mass is 32.2. The molecule has 43 heavy (non-hydrogen) atoms. The average molecular weight is 592 g/mol. The summed E-state index contributed by atoms with van der Waals surface area (Å²) < 4.78 is 29.2. The second-order valence-corrected chi connectivity index (χ2v) is 12.6. The van der Waals surface area contributed by atoms with Gasteiger partial charge in [0.15, 0.2) is 0 Å². The molecule has 0 aliphatic rings. The van der Waals surface area contributed by atoms with Crippen LogP contribution in [0.25, 0.3) is 10.8 Å². The molecule has 1 atom stereocenters. The number of hydrogen-bond donors (Lipinski definition) is 1. The molecule has 0 saturated carbocycles. The lowest BCUT2D eigenvalue weighted by Crippen LogP contribution is -2.40. The van der Waals surface area contributed by atoms with Crippen molar-refractivity contribution in [2.24, 2.45) is 0 Å². The van der Waals surface area contributed by atoms with Crippen LogP contribution in [0.1, 0.15) is 42.1 Å². The number of rotatable bonds is 11. The van der Waals surface area contributed by atoms with Crippen molar-refractivity contribution in [3.63, 3.8) is 0 Å². The molecular formula is C36H37N3O3S. The summed E-state index contributed by atoms with van der Waals surface area (Å²) in [5, 5.41) is 5.39. The van der Waals surface area contributed by atoms with Gasteiger partial charge in [-0.15, -0.1) is 0 Å². The molecule has 0 heterocycles. The molecule has 6 nitrogen and oxygen atoms in total. The monoisotopic (exact) mass is 591 g/mol. The van der Waals surface area contributed by atoms with Gasteiger partial charge in [-0.25, -0.2) is 13.2 Å². The molecule has 0 radical (unpaired) electrons. The van der Waals surface area contributed by atoms with E-state index in [9.17, 15) is 13.2 Å². The van der Waals surface area contributed by atoms with Gasteiger partial charge < -0.3 is 10.2 Å². The van der Waals surface area contributed by atoms with E-state index in [2.05, 4.69) is 23.5 Å². The molecule has 0 spiro atoms. The van der Waals surface area contributed by atoms with E-state index in [1.54, 1.807) is 29.2 Å². The van der Waals surface area contributed by atoms with Crippen LogP contribution in [-0.2, 0) is 29.7 Å². The summed E-state index contributed by atoms with van der Waals surface area (Å²) in [6.45, 7) is 5.32. The van der Waals surface area contributed by atoms with Crippen LogP contribution in [0.15, 0.2) is 132 Å². The van der Waals surface area contributed by atoms with Crippen LogP contribution >= 0.6 is 0 Å². The van der Waals surface area contributed by atoms with Gasteiger partial charge in [0.1, 0.15) is 0 Å². The highest BCUT2D eigenvalue weighted by Gasteiger charge is 2.25. The summed E-state index contributed by atoms with van der Waals surface area (Å²) in [6, 6.07) is 40.0. The number of hydrogen-bond acceptors (Lipinski definition) is 3. The Morgan fingerprint density at radius 1 is 0.674 bits per heavy atom. The third-order valence-electron chi connectivity index (χ3n) is 7.64. The molecule has 5 aromatic carbocycles.